The molecule has 0 aliphatic heterocycles. The Hall–Kier alpha value is -2.76. The van der Waals surface area contributed by atoms with E-state index >= 15 is 0 Å². The molecule has 0 N–H and O–H groups in total. The highest BCUT2D eigenvalue weighted by atomic mass is 19.1. The smallest absolute Gasteiger partial charge is 0.267 e. The topological polar surface area (TPSA) is 48.0 Å². The lowest BCUT2D eigenvalue weighted by Gasteiger charge is -2.07. The van der Waals surface area contributed by atoms with Gasteiger partial charge in [-0.15, -0.1) is 0 Å². The normalized spacial score (nSPS) is 10.8. The molecule has 0 radical (unpaired) electrons. The van der Waals surface area contributed by atoms with Crippen LogP contribution in [0.15, 0.2) is 57.9 Å². The first kappa shape index (κ1) is 13.2. The molecule has 0 atom stereocenters. The second-order valence-corrected chi connectivity index (χ2v) is 4.43. The summed E-state index contributed by atoms with van der Waals surface area (Å²) in [5, 5.41) is 4.10. The Labute approximate surface area is 118 Å². The fraction of sp³-hybridized carbons (Fsp3) is 0.0667. The first-order chi connectivity index (χ1) is 10.1. The van der Waals surface area contributed by atoms with Gasteiger partial charge < -0.3 is 4.42 Å². The molecule has 4 nitrogen and oxygen atoms in total. The molecular formula is C15H10F2N2O2. The van der Waals surface area contributed by atoms with E-state index in [0.717, 1.165) is 22.9 Å². The van der Waals surface area contributed by atoms with Crippen molar-refractivity contribution in [3.05, 3.63) is 76.3 Å². The molecular weight excluding hydrogens is 278 g/mol. The molecule has 3 aromatic rings. The molecule has 0 fully saturated rings. The van der Waals surface area contributed by atoms with E-state index in [1.54, 1.807) is 12.1 Å². The zero-order valence-electron chi connectivity index (χ0n) is 10.8. The van der Waals surface area contributed by atoms with E-state index in [9.17, 15) is 13.6 Å². The van der Waals surface area contributed by atoms with Crippen molar-refractivity contribution in [2.75, 3.05) is 0 Å². The van der Waals surface area contributed by atoms with Crippen LogP contribution in [0.2, 0.25) is 0 Å². The van der Waals surface area contributed by atoms with Crippen LogP contribution in [0.4, 0.5) is 8.78 Å². The number of hydrogen-bond acceptors (Lipinski definition) is 3. The van der Waals surface area contributed by atoms with Crippen LogP contribution in [-0.2, 0) is 6.54 Å². The van der Waals surface area contributed by atoms with Gasteiger partial charge in [-0.2, -0.15) is 5.10 Å². The molecule has 0 bridgehead atoms. The molecule has 0 spiro atoms. The van der Waals surface area contributed by atoms with E-state index in [1.807, 2.05) is 0 Å². The highest BCUT2D eigenvalue weighted by Gasteiger charge is 2.09. The van der Waals surface area contributed by atoms with Crippen molar-refractivity contribution >= 4 is 0 Å². The summed E-state index contributed by atoms with van der Waals surface area (Å²) in [6.45, 7) is -0.156. The molecule has 21 heavy (non-hydrogen) atoms. The van der Waals surface area contributed by atoms with E-state index in [2.05, 4.69) is 5.10 Å². The quantitative estimate of drug-likeness (QED) is 0.744. The Bertz CT molecular complexity index is 826. The van der Waals surface area contributed by atoms with Crippen molar-refractivity contribution in [2.45, 2.75) is 6.54 Å². The van der Waals surface area contributed by atoms with Gasteiger partial charge in [-0.3, -0.25) is 4.79 Å². The fourth-order valence-corrected chi connectivity index (χ4v) is 1.94. The molecule has 3 rings (SSSR count). The van der Waals surface area contributed by atoms with Crippen LogP contribution in [-0.4, -0.2) is 9.78 Å². The van der Waals surface area contributed by atoms with E-state index in [1.165, 1.54) is 18.4 Å². The maximum atomic E-state index is 13.6. The SMILES string of the molecule is O=c1ccc(-c2ccco2)nn1Cc1cc(F)ccc1F. The van der Waals surface area contributed by atoms with Gasteiger partial charge in [-0.1, -0.05) is 0 Å². The van der Waals surface area contributed by atoms with E-state index < -0.39 is 17.2 Å². The molecule has 2 heterocycles. The van der Waals surface area contributed by atoms with Crippen molar-refractivity contribution in [1.82, 2.24) is 9.78 Å². The van der Waals surface area contributed by atoms with Gasteiger partial charge in [0, 0.05) is 11.6 Å². The highest BCUT2D eigenvalue weighted by molar-refractivity contribution is 5.50. The predicted molar refractivity (Wildman–Crippen MR) is 71.7 cm³/mol. The Balaban J connectivity index is 2.00. The van der Waals surface area contributed by atoms with Gasteiger partial charge in [0.25, 0.3) is 5.56 Å². The van der Waals surface area contributed by atoms with Crippen LogP contribution < -0.4 is 5.56 Å². The molecule has 106 valence electrons. The predicted octanol–water partition coefficient (Wildman–Crippen LogP) is 2.83. The third-order valence-electron chi connectivity index (χ3n) is 2.97. The lowest BCUT2D eigenvalue weighted by Crippen LogP contribution is -2.23. The number of rotatable bonds is 3. The van der Waals surface area contributed by atoms with Crippen molar-refractivity contribution < 1.29 is 13.2 Å². The Morgan fingerprint density at radius 3 is 2.76 bits per heavy atom. The summed E-state index contributed by atoms with van der Waals surface area (Å²) >= 11 is 0. The first-order valence-corrected chi connectivity index (χ1v) is 6.19. The Kier molecular flexibility index (Phi) is 3.35. The van der Waals surface area contributed by atoms with Crippen molar-refractivity contribution in [3.8, 4) is 11.5 Å². The number of aromatic nitrogens is 2. The van der Waals surface area contributed by atoms with Crippen LogP contribution in [0.1, 0.15) is 5.56 Å². The second kappa shape index (κ2) is 5.32. The molecule has 1 aromatic carbocycles. The lowest BCUT2D eigenvalue weighted by molar-refractivity contribution is 0.549. The molecule has 0 unspecified atom stereocenters. The van der Waals surface area contributed by atoms with Gasteiger partial charge in [-0.25, -0.2) is 13.5 Å². The van der Waals surface area contributed by atoms with Gasteiger partial charge >= 0.3 is 0 Å². The number of benzene rings is 1. The van der Waals surface area contributed by atoms with E-state index in [4.69, 9.17) is 4.42 Å². The van der Waals surface area contributed by atoms with Crippen LogP contribution >= 0.6 is 0 Å². The monoisotopic (exact) mass is 288 g/mol. The lowest BCUT2D eigenvalue weighted by atomic mass is 10.2. The average molecular weight is 288 g/mol. The third kappa shape index (κ3) is 2.74. The van der Waals surface area contributed by atoms with Crippen molar-refractivity contribution in [3.63, 3.8) is 0 Å². The molecule has 2 aromatic heterocycles. The summed E-state index contributed by atoms with van der Waals surface area (Å²) in [5.74, 6) is -0.668. The minimum Gasteiger partial charge on any atom is -0.463 e. The average Bonchev–Trinajstić information content (AvgIpc) is 2.99. The molecule has 6 heteroatoms. The van der Waals surface area contributed by atoms with Crippen LogP contribution in [0, 0.1) is 11.6 Å². The fourth-order valence-electron chi connectivity index (χ4n) is 1.94. The maximum absolute atomic E-state index is 13.6. The Morgan fingerprint density at radius 2 is 2.00 bits per heavy atom. The van der Waals surface area contributed by atoms with Crippen LogP contribution in [0.25, 0.3) is 11.5 Å². The number of furan rings is 1. The van der Waals surface area contributed by atoms with E-state index in [-0.39, 0.29) is 12.1 Å². The molecule has 0 aliphatic rings. The molecule has 0 saturated heterocycles. The van der Waals surface area contributed by atoms with E-state index in [0.29, 0.717) is 11.5 Å². The number of nitrogens with zero attached hydrogens (tertiary/aromatic N) is 2. The first-order valence-electron chi connectivity index (χ1n) is 6.19. The second-order valence-electron chi connectivity index (χ2n) is 4.43. The van der Waals surface area contributed by atoms with Crippen molar-refractivity contribution in [2.24, 2.45) is 0 Å². The van der Waals surface area contributed by atoms with Gasteiger partial charge in [0.15, 0.2) is 5.76 Å². The van der Waals surface area contributed by atoms with Gasteiger partial charge in [0.1, 0.15) is 17.3 Å². The van der Waals surface area contributed by atoms with Gasteiger partial charge in [0.05, 0.1) is 12.8 Å². The van der Waals surface area contributed by atoms with Gasteiger partial charge in [0.2, 0.25) is 0 Å². The zero-order valence-corrected chi connectivity index (χ0v) is 10.8. The number of halogens is 2. The summed E-state index contributed by atoms with van der Waals surface area (Å²) in [4.78, 5) is 11.8. The van der Waals surface area contributed by atoms with Crippen LogP contribution in [0.5, 0.6) is 0 Å². The minimum absolute atomic E-state index is 0.0567. The molecule has 0 saturated carbocycles. The van der Waals surface area contributed by atoms with Crippen LogP contribution in [0.3, 0.4) is 0 Å². The summed E-state index contributed by atoms with van der Waals surface area (Å²) in [7, 11) is 0. The summed E-state index contributed by atoms with van der Waals surface area (Å²) in [5.41, 5.74) is 0.0894. The van der Waals surface area contributed by atoms with Gasteiger partial charge in [-0.05, 0) is 36.4 Å². The largest absolute Gasteiger partial charge is 0.463 e. The third-order valence-corrected chi connectivity index (χ3v) is 2.97. The Morgan fingerprint density at radius 1 is 1.14 bits per heavy atom. The van der Waals surface area contributed by atoms with Crippen molar-refractivity contribution in [1.29, 1.82) is 0 Å². The standard InChI is InChI=1S/C15H10F2N2O2/c16-11-3-4-12(17)10(8-11)9-19-15(20)6-5-13(18-19)14-2-1-7-21-14/h1-8H,9H2. The minimum atomic E-state index is -0.589. The number of hydrogen-bond donors (Lipinski definition) is 0. The maximum Gasteiger partial charge on any atom is 0.267 e. The highest BCUT2D eigenvalue weighted by Crippen LogP contribution is 2.16. The summed E-state index contributed by atoms with van der Waals surface area (Å²) in [6.07, 6.45) is 1.48. The summed E-state index contributed by atoms with van der Waals surface area (Å²) < 4.78 is 33.1. The zero-order chi connectivity index (χ0) is 14.8. The molecule has 0 amide bonds. The molecule has 0 aliphatic carbocycles. The summed E-state index contributed by atoms with van der Waals surface area (Å²) in [6, 6.07) is 9.30.